The van der Waals surface area contributed by atoms with Crippen LogP contribution in [0.2, 0.25) is 0 Å². The summed E-state index contributed by atoms with van der Waals surface area (Å²) in [4.78, 5) is 11.4. The number of rotatable bonds is 4. The van der Waals surface area contributed by atoms with Gasteiger partial charge in [-0.1, -0.05) is 6.07 Å². The molecule has 0 bridgehead atoms. The average Bonchev–Trinajstić information content (AvgIpc) is 3.14. The van der Waals surface area contributed by atoms with Gasteiger partial charge in [-0.3, -0.25) is 4.68 Å². The topological polar surface area (TPSA) is 68.1 Å². The van der Waals surface area contributed by atoms with E-state index in [4.69, 9.17) is 4.74 Å². The number of morpholine rings is 1. The van der Waals surface area contributed by atoms with E-state index in [-0.39, 0.29) is 12.2 Å². The summed E-state index contributed by atoms with van der Waals surface area (Å²) in [6.45, 7) is 5.88. The van der Waals surface area contributed by atoms with E-state index < -0.39 is 0 Å². The number of nitrogens with zero attached hydrogens (tertiary/aromatic N) is 5. The minimum absolute atomic E-state index is 0.192. The monoisotopic (exact) mass is 414 g/mol. The summed E-state index contributed by atoms with van der Waals surface area (Å²) in [7, 11) is 1.96. The van der Waals surface area contributed by atoms with Crippen molar-refractivity contribution in [2.75, 3.05) is 23.3 Å². The Kier molecular flexibility index (Phi) is 5.03. The lowest BCUT2D eigenvalue weighted by atomic mass is 10.1. The molecule has 0 amide bonds. The molecule has 0 unspecified atom stereocenters. The van der Waals surface area contributed by atoms with Crippen molar-refractivity contribution in [3.63, 3.8) is 0 Å². The van der Waals surface area contributed by atoms with Crippen molar-refractivity contribution >= 4 is 28.2 Å². The molecule has 1 saturated heterocycles. The predicted octanol–water partition coefficient (Wildman–Crippen LogP) is 4.39. The third-order valence-electron chi connectivity index (χ3n) is 5.60. The molecule has 2 atom stereocenters. The number of hydrogen-bond acceptors (Lipinski definition) is 6. The van der Waals surface area contributed by atoms with Crippen LogP contribution in [0, 0.1) is 0 Å². The van der Waals surface area contributed by atoms with Crippen LogP contribution in [0.1, 0.15) is 13.8 Å². The standard InChI is InChI=1S/C24H26N6O/c1-16-14-30(15-17(2)31-16)24-12-21(7-9-26-24)28-23-11-19(6-8-25-23)18-4-5-22-20(10-18)13-27-29(22)3/h4-13,16-17H,14-15H2,1-3H3,(H,25,26,28)/t16-,17+. The van der Waals surface area contributed by atoms with E-state index in [0.29, 0.717) is 0 Å². The number of fused-ring (bicyclic) bond motifs is 1. The van der Waals surface area contributed by atoms with Crippen molar-refractivity contribution < 1.29 is 4.74 Å². The molecule has 158 valence electrons. The maximum absolute atomic E-state index is 5.85. The third kappa shape index (κ3) is 4.09. The normalized spacial score (nSPS) is 19.0. The maximum Gasteiger partial charge on any atom is 0.130 e. The van der Waals surface area contributed by atoms with Crippen LogP contribution in [0.5, 0.6) is 0 Å². The number of hydrogen-bond donors (Lipinski definition) is 1. The molecule has 3 aromatic heterocycles. The van der Waals surface area contributed by atoms with Crippen LogP contribution in [0.25, 0.3) is 22.0 Å². The van der Waals surface area contributed by atoms with Crippen LogP contribution in [0.4, 0.5) is 17.3 Å². The Hall–Kier alpha value is -3.45. The first kappa shape index (κ1) is 19.5. The first-order valence-electron chi connectivity index (χ1n) is 10.6. The molecule has 4 aromatic rings. The van der Waals surface area contributed by atoms with Gasteiger partial charge in [0.15, 0.2) is 0 Å². The van der Waals surface area contributed by atoms with Crippen LogP contribution in [-0.4, -0.2) is 45.0 Å². The first-order valence-corrected chi connectivity index (χ1v) is 10.6. The lowest BCUT2D eigenvalue weighted by Gasteiger charge is -2.36. The quantitative estimate of drug-likeness (QED) is 0.534. The van der Waals surface area contributed by atoms with Crippen molar-refractivity contribution in [2.24, 2.45) is 7.05 Å². The van der Waals surface area contributed by atoms with Gasteiger partial charge < -0.3 is 15.0 Å². The Balaban J connectivity index is 1.38. The van der Waals surface area contributed by atoms with Crippen molar-refractivity contribution in [3.8, 4) is 11.1 Å². The van der Waals surface area contributed by atoms with Crippen LogP contribution in [0.3, 0.4) is 0 Å². The van der Waals surface area contributed by atoms with E-state index in [2.05, 4.69) is 69.5 Å². The van der Waals surface area contributed by atoms with Gasteiger partial charge in [0.25, 0.3) is 0 Å². The Bertz CT molecular complexity index is 1210. The zero-order chi connectivity index (χ0) is 21.4. The third-order valence-corrected chi connectivity index (χ3v) is 5.60. The summed E-state index contributed by atoms with van der Waals surface area (Å²) >= 11 is 0. The molecule has 7 nitrogen and oxygen atoms in total. The lowest BCUT2D eigenvalue weighted by molar-refractivity contribution is -0.00545. The van der Waals surface area contributed by atoms with Crippen LogP contribution < -0.4 is 10.2 Å². The van der Waals surface area contributed by atoms with Crippen molar-refractivity contribution in [1.82, 2.24) is 19.7 Å². The average molecular weight is 415 g/mol. The Morgan fingerprint density at radius 3 is 2.55 bits per heavy atom. The zero-order valence-corrected chi connectivity index (χ0v) is 18.0. The second-order valence-electron chi connectivity index (χ2n) is 8.16. The van der Waals surface area contributed by atoms with Crippen LogP contribution in [-0.2, 0) is 11.8 Å². The molecule has 0 saturated carbocycles. The van der Waals surface area contributed by atoms with Crippen molar-refractivity contribution in [2.45, 2.75) is 26.1 Å². The molecule has 1 aromatic carbocycles. The second kappa shape index (κ2) is 8.00. The maximum atomic E-state index is 5.85. The number of ether oxygens (including phenoxy) is 1. The SMILES string of the molecule is C[C@@H]1CN(c2cc(Nc3cc(-c4ccc5c(cnn5C)c4)ccn3)ccn2)C[C@H](C)O1. The Labute approximate surface area is 181 Å². The minimum Gasteiger partial charge on any atom is -0.372 e. The summed E-state index contributed by atoms with van der Waals surface area (Å²) in [5, 5.41) is 8.89. The van der Waals surface area contributed by atoms with E-state index in [9.17, 15) is 0 Å². The molecule has 1 N–H and O–H groups in total. The molecule has 31 heavy (non-hydrogen) atoms. The largest absolute Gasteiger partial charge is 0.372 e. The molecule has 5 rings (SSSR count). The molecule has 1 aliphatic heterocycles. The number of pyridine rings is 2. The number of nitrogens with one attached hydrogen (secondary N) is 1. The number of aromatic nitrogens is 4. The molecule has 7 heteroatoms. The Morgan fingerprint density at radius 2 is 1.71 bits per heavy atom. The molecule has 0 aliphatic carbocycles. The lowest BCUT2D eigenvalue weighted by Crippen LogP contribution is -2.45. The number of benzene rings is 1. The fourth-order valence-corrected chi connectivity index (χ4v) is 4.20. The van der Waals surface area contributed by atoms with Crippen molar-refractivity contribution in [1.29, 1.82) is 0 Å². The highest BCUT2D eigenvalue weighted by Gasteiger charge is 2.23. The zero-order valence-electron chi connectivity index (χ0n) is 18.0. The van der Waals surface area contributed by atoms with Gasteiger partial charge in [0.1, 0.15) is 11.6 Å². The van der Waals surface area contributed by atoms with Crippen molar-refractivity contribution in [3.05, 3.63) is 61.1 Å². The second-order valence-corrected chi connectivity index (χ2v) is 8.16. The summed E-state index contributed by atoms with van der Waals surface area (Å²) in [6, 6.07) is 14.5. The molecular weight excluding hydrogens is 388 g/mol. The first-order chi connectivity index (χ1) is 15.0. The van der Waals surface area contributed by atoms with Gasteiger partial charge in [0.05, 0.1) is 23.9 Å². The van der Waals surface area contributed by atoms with Crippen LogP contribution in [0.15, 0.2) is 61.1 Å². The van der Waals surface area contributed by atoms with Gasteiger partial charge in [-0.05, 0) is 55.3 Å². The molecule has 1 fully saturated rings. The van der Waals surface area contributed by atoms with Gasteiger partial charge in [-0.25, -0.2) is 9.97 Å². The van der Waals surface area contributed by atoms with E-state index in [1.54, 1.807) is 0 Å². The molecule has 1 aliphatic rings. The Morgan fingerprint density at radius 1 is 0.935 bits per heavy atom. The fraction of sp³-hybridized carbons (Fsp3) is 0.292. The number of aryl methyl sites for hydroxylation is 1. The molecule has 4 heterocycles. The molecule has 0 spiro atoms. The highest BCUT2D eigenvalue weighted by Crippen LogP contribution is 2.27. The highest BCUT2D eigenvalue weighted by molar-refractivity contribution is 5.85. The summed E-state index contributed by atoms with van der Waals surface area (Å²) < 4.78 is 7.73. The van der Waals surface area contributed by atoms with E-state index in [1.165, 1.54) is 0 Å². The van der Waals surface area contributed by atoms with Gasteiger partial charge in [-0.2, -0.15) is 5.10 Å². The van der Waals surface area contributed by atoms with E-state index in [1.807, 2.05) is 42.5 Å². The smallest absolute Gasteiger partial charge is 0.130 e. The summed E-state index contributed by atoms with van der Waals surface area (Å²) in [5.41, 5.74) is 4.32. The van der Waals surface area contributed by atoms with Crippen LogP contribution >= 0.6 is 0 Å². The van der Waals surface area contributed by atoms with Gasteiger partial charge >= 0.3 is 0 Å². The summed E-state index contributed by atoms with van der Waals surface area (Å²) in [6.07, 6.45) is 5.95. The highest BCUT2D eigenvalue weighted by atomic mass is 16.5. The molecular formula is C24H26N6O. The molecule has 0 radical (unpaired) electrons. The van der Waals surface area contributed by atoms with E-state index >= 15 is 0 Å². The van der Waals surface area contributed by atoms with Gasteiger partial charge in [0.2, 0.25) is 0 Å². The van der Waals surface area contributed by atoms with E-state index in [0.717, 1.165) is 52.4 Å². The summed E-state index contributed by atoms with van der Waals surface area (Å²) in [5.74, 6) is 1.75. The predicted molar refractivity (Wildman–Crippen MR) is 124 cm³/mol. The fourth-order valence-electron chi connectivity index (χ4n) is 4.20. The van der Waals surface area contributed by atoms with Gasteiger partial charge in [-0.15, -0.1) is 0 Å². The van der Waals surface area contributed by atoms with Gasteiger partial charge in [0, 0.05) is 49.7 Å². The number of anilines is 3. The minimum atomic E-state index is 0.192.